The van der Waals surface area contributed by atoms with E-state index >= 15 is 0 Å². The molecule has 1 N–H and O–H groups in total. The Morgan fingerprint density at radius 1 is 1.30 bits per heavy atom. The Morgan fingerprint density at radius 2 is 2.05 bits per heavy atom. The van der Waals surface area contributed by atoms with E-state index in [-0.39, 0.29) is 6.04 Å². The Morgan fingerprint density at radius 3 is 2.70 bits per heavy atom. The van der Waals surface area contributed by atoms with Gasteiger partial charge in [-0.3, -0.25) is 0 Å². The molecule has 0 saturated heterocycles. The molecule has 0 aliphatic heterocycles. The van der Waals surface area contributed by atoms with Gasteiger partial charge in [-0.15, -0.1) is 0 Å². The minimum atomic E-state index is 0.191. The second kappa shape index (κ2) is 6.57. The molecule has 1 aromatic heterocycles. The number of nitrogens with zero attached hydrogens (tertiary/aromatic N) is 1. The summed E-state index contributed by atoms with van der Waals surface area (Å²) in [6, 6.07) is 8.29. The zero-order valence-electron chi connectivity index (χ0n) is 12.6. The maximum absolute atomic E-state index is 5.64. The average Bonchev–Trinajstić information content (AvgIpc) is 2.77. The van der Waals surface area contributed by atoms with Crippen molar-refractivity contribution in [1.82, 2.24) is 10.5 Å². The van der Waals surface area contributed by atoms with Gasteiger partial charge < -0.3 is 14.6 Å². The highest BCUT2D eigenvalue weighted by molar-refractivity contribution is 5.33. The van der Waals surface area contributed by atoms with Crippen LogP contribution in [-0.2, 0) is 6.54 Å². The molecule has 1 unspecified atom stereocenters. The molecule has 2 aromatic rings. The SMILES string of the molecule is CCOc1ccccc1CNC(C)c1c(C)noc1C. The summed E-state index contributed by atoms with van der Waals surface area (Å²) >= 11 is 0. The largest absolute Gasteiger partial charge is 0.494 e. The predicted octanol–water partition coefficient (Wildman–Crippen LogP) is 3.54. The lowest BCUT2D eigenvalue weighted by atomic mass is 10.1. The first kappa shape index (κ1) is 14.6. The molecule has 1 atom stereocenters. The van der Waals surface area contributed by atoms with Crippen LogP contribution in [0.25, 0.3) is 0 Å². The minimum Gasteiger partial charge on any atom is -0.494 e. The molecule has 0 radical (unpaired) electrons. The fraction of sp³-hybridized carbons (Fsp3) is 0.438. The van der Waals surface area contributed by atoms with Crippen molar-refractivity contribution >= 4 is 0 Å². The van der Waals surface area contributed by atoms with Crippen LogP contribution >= 0.6 is 0 Å². The Hall–Kier alpha value is -1.81. The highest BCUT2D eigenvalue weighted by Gasteiger charge is 2.16. The Labute approximate surface area is 120 Å². The zero-order valence-corrected chi connectivity index (χ0v) is 12.6. The molecule has 4 nitrogen and oxygen atoms in total. The van der Waals surface area contributed by atoms with Crippen LogP contribution in [0, 0.1) is 13.8 Å². The maximum atomic E-state index is 5.64. The van der Waals surface area contributed by atoms with Gasteiger partial charge in [0.15, 0.2) is 0 Å². The van der Waals surface area contributed by atoms with E-state index in [1.54, 1.807) is 0 Å². The van der Waals surface area contributed by atoms with E-state index in [1.807, 2.05) is 39.0 Å². The predicted molar refractivity (Wildman–Crippen MR) is 78.8 cm³/mol. The minimum absolute atomic E-state index is 0.191. The van der Waals surface area contributed by atoms with Gasteiger partial charge in [0.1, 0.15) is 11.5 Å². The van der Waals surface area contributed by atoms with Crippen LogP contribution in [0.2, 0.25) is 0 Å². The summed E-state index contributed by atoms with van der Waals surface area (Å²) in [5.74, 6) is 1.81. The number of para-hydroxylation sites is 1. The van der Waals surface area contributed by atoms with Gasteiger partial charge in [-0.2, -0.15) is 0 Å². The molecule has 4 heteroatoms. The summed E-state index contributed by atoms with van der Waals surface area (Å²) in [6.07, 6.45) is 0. The van der Waals surface area contributed by atoms with Crippen LogP contribution in [0.5, 0.6) is 5.75 Å². The first-order valence-corrected chi connectivity index (χ1v) is 7.00. The molecule has 0 amide bonds. The Balaban J connectivity index is 2.05. The molecule has 0 fully saturated rings. The lowest BCUT2D eigenvalue weighted by Crippen LogP contribution is -2.19. The molecule has 0 aliphatic rings. The van der Waals surface area contributed by atoms with Crippen LogP contribution < -0.4 is 10.1 Å². The van der Waals surface area contributed by atoms with Gasteiger partial charge in [0, 0.05) is 23.7 Å². The number of hydrogen-bond donors (Lipinski definition) is 1. The smallest absolute Gasteiger partial charge is 0.138 e. The van der Waals surface area contributed by atoms with Crippen molar-refractivity contribution in [3.05, 3.63) is 46.8 Å². The van der Waals surface area contributed by atoms with E-state index in [2.05, 4.69) is 23.5 Å². The van der Waals surface area contributed by atoms with Gasteiger partial charge in [0.25, 0.3) is 0 Å². The van der Waals surface area contributed by atoms with Crippen molar-refractivity contribution in [2.24, 2.45) is 0 Å². The summed E-state index contributed by atoms with van der Waals surface area (Å²) in [6.45, 7) is 9.46. The second-order valence-electron chi connectivity index (χ2n) is 4.88. The van der Waals surface area contributed by atoms with Crippen molar-refractivity contribution in [2.75, 3.05) is 6.61 Å². The highest BCUT2D eigenvalue weighted by atomic mass is 16.5. The summed E-state index contributed by atoms with van der Waals surface area (Å²) in [7, 11) is 0. The molecule has 108 valence electrons. The van der Waals surface area contributed by atoms with Crippen molar-refractivity contribution < 1.29 is 9.26 Å². The Bertz CT molecular complexity index is 544. The standard InChI is InChI=1S/C16H22N2O2/c1-5-19-15-9-7-6-8-14(15)10-17-11(2)16-12(3)18-20-13(16)4/h6-9,11,17H,5,10H2,1-4H3. The van der Waals surface area contributed by atoms with Gasteiger partial charge in [-0.05, 0) is 33.8 Å². The van der Waals surface area contributed by atoms with Crippen molar-refractivity contribution in [3.63, 3.8) is 0 Å². The van der Waals surface area contributed by atoms with Gasteiger partial charge in [0.05, 0.1) is 12.3 Å². The maximum Gasteiger partial charge on any atom is 0.138 e. The van der Waals surface area contributed by atoms with Crippen LogP contribution in [0.4, 0.5) is 0 Å². The fourth-order valence-corrected chi connectivity index (χ4v) is 2.42. The van der Waals surface area contributed by atoms with E-state index < -0.39 is 0 Å². The molecule has 1 aromatic carbocycles. The molecule has 0 saturated carbocycles. The first-order valence-electron chi connectivity index (χ1n) is 7.00. The number of ether oxygens (including phenoxy) is 1. The first-order chi connectivity index (χ1) is 9.63. The second-order valence-corrected chi connectivity index (χ2v) is 4.88. The van der Waals surface area contributed by atoms with E-state index in [0.29, 0.717) is 6.61 Å². The average molecular weight is 274 g/mol. The third-order valence-electron chi connectivity index (χ3n) is 3.39. The topological polar surface area (TPSA) is 47.3 Å². The van der Waals surface area contributed by atoms with Crippen molar-refractivity contribution in [1.29, 1.82) is 0 Å². The van der Waals surface area contributed by atoms with Gasteiger partial charge in [0.2, 0.25) is 0 Å². The van der Waals surface area contributed by atoms with Crippen LogP contribution in [0.1, 0.15) is 42.5 Å². The summed E-state index contributed by atoms with van der Waals surface area (Å²) in [5, 5.41) is 7.50. The summed E-state index contributed by atoms with van der Waals surface area (Å²) in [4.78, 5) is 0. The van der Waals surface area contributed by atoms with E-state index in [4.69, 9.17) is 9.26 Å². The number of hydrogen-bond acceptors (Lipinski definition) is 4. The summed E-state index contributed by atoms with van der Waals surface area (Å²) in [5.41, 5.74) is 3.24. The number of aryl methyl sites for hydroxylation is 2. The Kier molecular flexibility index (Phi) is 4.79. The van der Waals surface area contributed by atoms with Gasteiger partial charge in [-0.1, -0.05) is 23.4 Å². The van der Waals surface area contributed by atoms with Crippen LogP contribution in [-0.4, -0.2) is 11.8 Å². The zero-order chi connectivity index (χ0) is 14.5. The normalized spacial score (nSPS) is 12.4. The molecule has 20 heavy (non-hydrogen) atoms. The van der Waals surface area contributed by atoms with Gasteiger partial charge >= 0.3 is 0 Å². The van der Waals surface area contributed by atoms with Crippen LogP contribution in [0.3, 0.4) is 0 Å². The number of aromatic nitrogens is 1. The molecule has 0 spiro atoms. The molecule has 1 heterocycles. The van der Waals surface area contributed by atoms with Crippen LogP contribution in [0.15, 0.2) is 28.8 Å². The fourth-order valence-electron chi connectivity index (χ4n) is 2.42. The quantitative estimate of drug-likeness (QED) is 0.875. The van der Waals surface area contributed by atoms with Crippen molar-refractivity contribution in [2.45, 2.75) is 40.3 Å². The molecular formula is C16H22N2O2. The number of rotatable bonds is 6. The summed E-state index contributed by atoms with van der Waals surface area (Å²) < 4.78 is 10.9. The molecule has 0 bridgehead atoms. The number of nitrogens with one attached hydrogen (secondary N) is 1. The molecule has 0 aliphatic carbocycles. The third-order valence-corrected chi connectivity index (χ3v) is 3.39. The van der Waals surface area contributed by atoms with E-state index in [1.165, 1.54) is 0 Å². The monoisotopic (exact) mass is 274 g/mol. The van der Waals surface area contributed by atoms with E-state index in [0.717, 1.165) is 34.9 Å². The highest BCUT2D eigenvalue weighted by Crippen LogP contribution is 2.23. The lowest BCUT2D eigenvalue weighted by Gasteiger charge is -2.15. The third kappa shape index (κ3) is 3.20. The number of benzene rings is 1. The van der Waals surface area contributed by atoms with E-state index in [9.17, 15) is 0 Å². The van der Waals surface area contributed by atoms with Crippen molar-refractivity contribution in [3.8, 4) is 5.75 Å². The lowest BCUT2D eigenvalue weighted by molar-refractivity contribution is 0.335. The van der Waals surface area contributed by atoms with Gasteiger partial charge in [-0.25, -0.2) is 0 Å². The molecular weight excluding hydrogens is 252 g/mol. The molecule has 2 rings (SSSR count).